The SMILES string of the molecule is CCCN(CC(=O)OCC)C(=O)OCC(C)C. The van der Waals surface area contributed by atoms with E-state index in [1.165, 1.54) is 4.90 Å². The van der Waals surface area contributed by atoms with E-state index >= 15 is 0 Å². The van der Waals surface area contributed by atoms with Gasteiger partial charge in [-0.1, -0.05) is 20.8 Å². The first kappa shape index (κ1) is 15.7. The summed E-state index contributed by atoms with van der Waals surface area (Å²) >= 11 is 0. The Morgan fingerprint density at radius 3 is 2.29 bits per heavy atom. The Morgan fingerprint density at radius 2 is 1.82 bits per heavy atom. The average molecular weight is 245 g/mol. The summed E-state index contributed by atoms with van der Waals surface area (Å²) in [6.07, 6.45) is 0.324. The minimum absolute atomic E-state index is 0.0430. The van der Waals surface area contributed by atoms with E-state index < -0.39 is 12.1 Å². The molecule has 0 N–H and O–H groups in total. The van der Waals surface area contributed by atoms with Gasteiger partial charge in [-0.2, -0.15) is 0 Å². The van der Waals surface area contributed by atoms with Crippen LogP contribution in [0.5, 0.6) is 0 Å². The van der Waals surface area contributed by atoms with E-state index in [0.29, 0.717) is 19.8 Å². The summed E-state index contributed by atoms with van der Waals surface area (Å²) in [5.74, 6) is -0.118. The topological polar surface area (TPSA) is 55.8 Å². The van der Waals surface area contributed by atoms with Crippen LogP contribution in [-0.4, -0.2) is 43.3 Å². The lowest BCUT2D eigenvalue weighted by atomic mass is 10.2. The Balaban J connectivity index is 4.20. The van der Waals surface area contributed by atoms with Crippen LogP contribution < -0.4 is 0 Å². The fourth-order valence-electron chi connectivity index (χ4n) is 1.20. The zero-order valence-electron chi connectivity index (χ0n) is 11.2. The van der Waals surface area contributed by atoms with Gasteiger partial charge < -0.3 is 9.47 Å². The molecule has 0 spiro atoms. The molecule has 17 heavy (non-hydrogen) atoms. The van der Waals surface area contributed by atoms with E-state index in [9.17, 15) is 9.59 Å². The van der Waals surface area contributed by atoms with E-state index in [1.54, 1.807) is 6.92 Å². The molecular weight excluding hydrogens is 222 g/mol. The second kappa shape index (κ2) is 8.84. The Bertz CT molecular complexity index is 241. The Hall–Kier alpha value is -1.26. The number of hydrogen-bond acceptors (Lipinski definition) is 4. The van der Waals surface area contributed by atoms with Gasteiger partial charge in [0.25, 0.3) is 0 Å². The van der Waals surface area contributed by atoms with Gasteiger partial charge in [-0.3, -0.25) is 9.69 Å². The molecule has 0 aromatic carbocycles. The highest BCUT2D eigenvalue weighted by Gasteiger charge is 2.18. The van der Waals surface area contributed by atoms with Crippen LogP contribution in [0.25, 0.3) is 0 Å². The zero-order chi connectivity index (χ0) is 13.3. The summed E-state index contributed by atoms with van der Waals surface area (Å²) in [7, 11) is 0. The number of hydrogen-bond donors (Lipinski definition) is 0. The molecule has 0 saturated heterocycles. The van der Waals surface area contributed by atoms with Crippen molar-refractivity contribution in [2.75, 3.05) is 26.3 Å². The molecule has 0 aliphatic rings. The quantitative estimate of drug-likeness (QED) is 0.644. The van der Waals surface area contributed by atoms with E-state index in [-0.39, 0.29) is 12.5 Å². The first-order chi connectivity index (χ1) is 8.01. The van der Waals surface area contributed by atoms with Crippen LogP contribution >= 0.6 is 0 Å². The first-order valence-electron chi connectivity index (χ1n) is 6.08. The van der Waals surface area contributed by atoms with E-state index in [0.717, 1.165) is 6.42 Å². The maximum absolute atomic E-state index is 11.7. The maximum Gasteiger partial charge on any atom is 0.410 e. The zero-order valence-corrected chi connectivity index (χ0v) is 11.2. The predicted molar refractivity (Wildman–Crippen MR) is 64.7 cm³/mol. The van der Waals surface area contributed by atoms with E-state index in [1.807, 2.05) is 20.8 Å². The van der Waals surface area contributed by atoms with Gasteiger partial charge in [0.15, 0.2) is 0 Å². The molecule has 0 unspecified atom stereocenters. The second-order valence-electron chi connectivity index (χ2n) is 4.20. The molecule has 0 aliphatic heterocycles. The third-order valence-electron chi connectivity index (χ3n) is 1.92. The molecule has 0 aromatic heterocycles. The van der Waals surface area contributed by atoms with Gasteiger partial charge in [-0.05, 0) is 19.3 Å². The van der Waals surface area contributed by atoms with Crippen molar-refractivity contribution in [2.24, 2.45) is 5.92 Å². The molecule has 5 heteroatoms. The molecule has 100 valence electrons. The molecule has 0 radical (unpaired) electrons. The highest BCUT2D eigenvalue weighted by Crippen LogP contribution is 2.00. The summed E-state index contributed by atoms with van der Waals surface area (Å²) in [5.41, 5.74) is 0. The van der Waals surface area contributed by atoms with Gasteiger partial charge in [0.1, 0.15) is 6.54 Å². The molecular formula is C12H23NO4. The summed E-state index contributed by atoms with van der Waals surface area (Å²) in [4.78, 5) is 24.3. The number of carbonyl (C=O) groups excluding carboxylic acids is 2. The number of esters is 1. The van der Waals surface area contributed by atoms with E-state index in [2.05, 4.69) is 0 Å². The van der Waals surface area contributed by atoms with Gasteiger partial charge in [-0.15, -0.1) is 0 Å². The third-order valence-corrected chi connectivity index (χ3v) is 1.92. The van der Waals surface area contributed by atoms with Crippen molar-refractivity contribution in [1.29, 1.82) is 0 Å². The van der Waals surface area contributed by atoms with Crippen molar-refractivity contribution in [3.05, 3.63) is 0 Å². The lowest BCUT2D eigenvalue weighted by molar-refractivity contribution is -0.144. The van der Waals surface area contributed by atoms with Crippen LogP contribution in [0.15, 0.2) is 0 Å². The van der Waals surface area contributed by atoms with Crippen molar-refractivity contribution in [2.45, 2.75) is 34.1 Å². The Morgan fingerprint density at radius 1 is 1.18 bits per heavy atom. The fraction of sp³-hybridized carbons (Fsp3) is 0.833. The normalized spacial score (nSPS) is 10.2. The molecule has 0 bridgehead atoms. The summed E-state index contributed by atoms with van der Waals surface area (Å²) < 4.78 is 9.88. The standard InChI is InChI=1S/C12H23NO4/c1-5-7-13(8-11(14)16-6-2)12(15)17-9-10(3)4/h10H,5-9H2,1-4H3. The van der Waals surface area contributed by atoms with Gasteiger partial charge in [0, 0.05) is 6.54 Å². The molecule has 5 nitrogen and oxygen atoms in total. The number of carbonyl (C=O) groups is 2. The molecule has 1 amide bonds. The summed E-state index contributed by atoms with van der Waals surface area (Å²) in [6, 6.07) is 0. The molecule has 0 heterocycles. The molecule has 0 aromatic rings. The molecule has 0 rings (SSSR count). The first-order valence-corrected chi connectivity index (χ1v) is 6.08. The summed E-state index contributed by atoms with van der Waals surface area (Å²) in [6.45, 7) is 8.73. The molecule has 0 fully saturated rings. The smallest absolute Gasteiger partial charge is 0.410 e. The van der Waals surface area contributed by atoms with Crippen molar-refractivity contribution < 1.29 is 19.1 Å². The lowest BCUT2D eigenvalue weighted by Crippen LogP contribution is -2.38. The highest BCUT2D eigenvalue weighted by atomic mass is 16.6. The second-order valence-corrected chi connectivity index (χ2v) is 4.20. The van der Waals surface area contributed by atoms with Gasteiger partial charge >= 0.3 is 12.1 Å². The number of amides is 1. The minimum Gasteiger partial charge on any atom is -0.465 e. The fourth-order valence-corrected chi connectivity index (χ4v) is 1.20. The van der Waals surface area contributed by atoms with Crippen molar-refractivity contribution in [1.82, 2.24) is 4.90 Å². The van der Waals surface area contributed by atoms with Crippen LogP contribution in [-0.2, 0) is 14.3 Å². The molecule has 0 atom stereocenters. The maximum atomic E-state index is 11.7. The number of rotatable bonds is 7. The average Bonchev–Trinajstić information content (AvgIpc) is 2.25. The number of ether oxygens (including phenoxy) is 2. The van der Waals surface area contributed by atoms with Gasteiger partial charge in [0.05, 0.1) is 13.2 Å². The monoisotopic (exact) mass is 245 g/mol. The minimum atomic E-state index is -0.450. The largest absolute Gasteiger partial charge is 0.465 e. The van der Waals surface area contributed by atoms with Crippen LogP contribution in [0.2, 0.25) is 0 Å². The Kier molecular flexibility index (Phi) is 8.19. The third kappa shape index (κ3) is 7.60. The van der Waals surface area contributed by atoms with Crippen LogP contribution in [0.3, 0.4) is 0 Å². The van der Waals surface area contributed by atoms with Crippen molar-refractivity contribution >= 4 is 12.1 Å². The summed E-state index contributed by atoms with van der Waals surface area (Å²) in [5, 5.41) is 0. The predicted octanol–water partition coefficient (Wildman–Crippen LogP) is 2.05. The van der Waals surface area contributed by atoms with Gasteiger partial charge in [0.2, 0.25) is 0 Å². The molecule has 0 aliphatic carbocycles. The van der Waals surface area contributed by atoms with Gasteiger partial charge in [-0.25, -0.2) is 4.79 Å². The van der Waals surface area contributed by atoms with E-state index in [4.69, 9.17) is 9.47 Å². The number of nitrogens with zero attached hydrogens (tertiary/aromatic N) is 1. The lowest BCUT2D eigenvalue weighted by Gasteiger charge is -2.21. The van der Waals surface area contributed by atoms with Crippen LogP contribution in [0.4, 0.5) is 4.79 Å². The highest BCUT2D eigenvalue weighted by molar-refractivity contribution is 5.78. The molecule has 0 saturated carbocycles. The van der Waals surface area contributed by atoms with Crippen molar-refractivity contribution in [3.8, 4) is 0 Å². The van der Waals surface area contributed by atoms with Crippen molar-refractivity contribution in [3.63, 3.8) is 0 Å². The van der Waals surface area contributed by atoms with Crippen LogP contribution in [0, 0.1) is 5.92 Å². The van der Waals surface area contributed by atoms with Crippen LogP contribution in [0.1, 0.15) is 34.1 Å². The Labute approximate surface area is 103 Å².